The second-order valence-corrected chi connectivity index (χ2v) is 7.23. The highest BCUT2D eigenvalue weighted by Gasteiger charge is 2.05. The Morgan fingerprint density at radius 2 is 1.71 bits per heavy atom. The van der Waals surface area contributed by atoms with Crippen LogP contribution >= 0.6 is 27.3 Å². The first-order valence-electron chi connectivity index (χ1n) is 7.60. The average Bonchev–Trinajstić information content (AvgIpc) is 3.10. The Morgan fingerprint density at radius 1 is 0.917 bits per heavy atom. The van der Waals surface area contributed by atoms with Crippen LogP contribution in [-0.2, 0) is 6.61 Å². The molecule has 0 spiro atoms. The number of halogens is 1. The molecule has 0 radical (unpaired) electrons. The van der Waals surface area contributed by atoms with Crippen molar-refractivity contribution in [3.8, 4) is 16.3 Å². The standard InChI is InChI=1S/C20H14BrNOS/c21-17-8-6-16-11-19(9-7-15(16)10-17)23-12-18-13-24-20(22-18)14-4-2-1-3-5-14/h1-11,13H,12H2. The van der Waals surface area contributed by atoms with E-state index in [0.717, 1.165) is 26.5 Å². The molecule has 0 saturated heterocycles. The number of hydrogen-bond acceptors (Lipinski definition) is 3. The number of thiazole rings is 1. The van der Waals surface area contributed by atoms with Gasteiger partial charge in [0.05, 0.1) is 5.69 Å². The van der Waals surface area contributed by atoms with E-state index in [1.54, 1.807) is 11.3 Å². The molecule has 0 unspecified atom stereocenters. The number of aromatic nitrogens is 1. The van der Waals surface area contributed by atoms with Crippen molar-refractivity contribution in [1.29, 1.82) is 0 Å². The summed E-state index contributed by atoms with van der Waals surface area (Å²) >= 11 is 5.14. The van der Waals surface area contributed by atoms with E-state index in [-0.39, 0.29) is 0 Å². The molecule has 4 heteroatoms. The summed E-state index contributed by atoms with van der Waals surface area (Å²) in [6.45, 7) is 0.478. The molecule has 0 aliphatic rings. The summed E-state index contributed by atoms with van der Waals surface area (Å²) in [5.74, 6) is 0.860. The molecule has 4 aromatic rings. The predicted molar refractivity (Wildman–Crippen MR) is 104 cm³/mol. The average molecular weight is 396 g/mol. The number of rotatable bonds is 4. The fourth-order valence-corrected chi connectivity index (χ4v) is 3.72. The van der Waals surface area contributed by atoms with E-state index >= 15 is 0 Å². The largest absolute Gasteiger partial charge is 0.487 e. The van der Waals surface area contributed by atoms with E-state index in [4.69, 9.17) is 4.74 Å². The van der Waals surface area contributed by atoms with Crippen molar-refractivity contribution in [3.05, 3.63) is 82.3 Å². The van der Waals surface area contributed by atoms with Crippen molar-refractivity contribution in [1.82, 2.24) is 4.98 Å². The van der Waals surface area contributed by atoms with Crippen molar-refractivity contribution in [2.24, 2.45) is 0 Å². The van der Waals surface area contributed by atoms with Gasteiger partial charge in [-0.15, -0.1) is 11.3 Å². The van der Waals surface area contributed by atoms with Crippen LogP contribution in [0, 0.1) is 0 Å². The van der Waals surface area contributed by atoms with Gasteiger partial charge in [-0.3, -0.25) is 0 Å². The fourth-order valence-electron chi connectivity index (χ4n) is 2.53. The maximum Gasteiger partial charge on any atom is 0.131 e. The van der Waals surface area contributed by atoms with Gasteiger partial charge in [0, 0.05) is 15.4 Å². The summed E-state index contributed by atoms with van der Waals surface area (Å²) in [5, 5.41) is 5.44. The van der Waals surface area contributed by atoms with Crippen molar-refractivity contribution in [2.75, 3.05) is 0 Å². The van der Waals surface area contributed by atoms with Crippen LogP contribution in [0.4, 0.5) is 0 Å². The minimum atomic E-state index is 0.478. The third-order valence-corrected chi connectivity index (χ3v) is 5.17. The Morgan fingerprint density at radius 3 is 2.58 bits per heavy atom. The first-order chi connectivity index (χ1) is 11.8. The van der Waals surface area contributed by atoms with E-state index in [2.05, 4.69) is 62.7 Å². The van der Waals surface area contributed by atoms with Crippen LogP contribution in [-0.4, -0.2) is 4.98 Å². The van der Waals surface area contributed by atoms with Crippen LogP contribution in [0.15, 0.2) is 76.6 Å². The number of hydrogen-bond donors (Lipinski definition) is 0. The van der Waals surface area contributed by atoms with Gasteiger partial charge in [-0.2, -0.15) is 0 Å². The molecule has 1 heterocycles. The van der Waals surface area contributed by atoms with Gasteiger partial charge < -0.3 is 4.74 Å². The van der Waals surface area contributed by atoms with Gasteiger partial charge >= 0.3 is 0 Å². The van der Waals surface area contributed by atoms with Crippen molar-refractivity contribution in [3.63, 3.8) is 0 Å². The van der Waals surface area contributed by atoms with Gasteiger partial charge in [-0.05, 0) is 35.0 Å². The van der Waals surface area contributed by atoms with Gasteiger partial charge in [-0.1, -0.05) is 58.4 Å². The van der Waals surface area contributed by atoms with Crippen molar-refractivity contribution < 1.29 is 4.74 Å². The van der Waals surface area contributed by atoms with Crippen molar-refractivity contribution >= 4 is 38.0 Å². The molecule has 0 saturated carbocycles. The van der Waals surface area contributed by atoms with Crippen LogP contribution in [0.25, 0.3) is 21.3 Å². The van der Waals surface area contributed by atoms with Gasteiger partial charge in [0.15, 0.2) is 0 Å². The first-order valence-corrected chi connectivity index (χ1v) is 9.27. The molecule has 0 aliphatic heterocycles. The molecule has 0 fully saturated rings. The van der Waals surface area contributed by atoms with E-state index in [1.165, 1.54) is 10.8 Å². The maximum atomic E-state index is 5.91. The molecule has 0 aliphatic carbocycles. The lowest BCUT2D eigenvalue weighted by molar-refractivity contribution is 0.302. The minimum Gasteiger partial charge on any atom is -0.487 e. The van der Waals surface area contributed by atoms with Crippen molar-refractivity contribution in [2.45, 2.75) is 6.61 Å². The number of nitrogens with zero attached hydrogens (tertiary/aromatic N) is 1. The second kappa shape index (κ2) is 6.75. The third kappa shape index (κ3) is 3.35. The summed E-state index contributed by atoms with van der Waals surface area (Å²) in [7, 11) is 0. The zero-order chi connectivity index (χ0) is 16.4. The summed E-state index contributed by atoms with van der Waals surface area (Å²) in [4.78, 5) is 4.66. The highest BCUT2D eigenvalue weighted by Crippen LogP contribution is 2.26. The number of fused-ring (bicyclic) bond motifs is 1. The van der Waals surface area contributed by atoms with E-state index in [9.17, 15) is 0 Å². The molecule has 0 atom stereocenters. The zero-order valence-electron chi connectivity index (χ0n) is 12.8. The molecule has 0 amide bonds. The summed E-state index contributed by atoms with van der Waals surface area (Å²) in [6.07, 6.45) is 0. The van der Waals surface area contributed by atoms with E-state index in [0.29, 0.717) is 6.61 Å². The minimum absolute atomic E-state index is 0.478. The molecule has 24 heavy (non-hydrogen) atoms. The number of benzene rings is 3. The number of ether oxygens (including phenoxy) is 1. The lowest BCUT2D eigenvalue weighted by atomic mass is 10.1. The molecule has 118 valence electrons. The molecule has 1 aromatic heterocycles. The Kier molecular flexibility index (Phi) is 4.32. The maximum absolute atomic E-state index is 5.91. The van der Waals surface area contributed by atoms with Crippen LogP contribution in [0.5, 0.6) is 5.75 Å². The highest BCUT2D eigenvalue weighted by atomic mass is 79.9. The molecular formula is C20H14BrNOS. The van der Waals surface area contributed by atoms with E-state index in [1.807, 2.05) is 30.3 Å². The fraction of sp³-hybridized carbons (Fsp3) is 0.0500. The predicted octanol–water partition coefficient (Wildman–Crippen LogP) is 6.30. The Hall–Kier alpha value is -2.17. The molecule has 4 rings (SSSR count). The molecule has 3 aromatic carbocycles. The summed E-state index contributed by atoms with van der Waals surface area (Å²) in [5.41, 5.74) is 2.10. The quantitative estimate of drug-likeness (QED) is 0.404. The molecule has 0 bridgehead atoms. The van der Waals surface area contributed by atoms with Crippen LogP contribution in [0.2, 0.25) is 0 Å². The molecule has 0 N–H and O–H groups in total. The smallest absolute Gasteiger partial charge is 0.131 e. The van der Waals surface area contributed by atoms with Gasteiger partial charge in [0.1, 0.15) is 17.4 Å². The zero-order valence-corrected chi connectivity index (χ0v) is 15.2. The Balaban J connectivity index is 1.49. The topological polar surface area (TPSA) is 22.1 Å². The second-order valence-electron chi connectivity index (χ2n) is 5.45. The Labute approximate surface area is 152 Å². The summed E-state index contributed by atoms with van der Waals surface area (Å²) < 4.78 is 6.99. The third-order valence-electron chi connectivity index (χ3n) is 3.73. The van der Waals surface area contributed by atoms with Gasteiger partial charge in [0.25, 0.3) is 0 Å². The normalized spacial score (nSPS) is 10.9. The Bertz CT molecular complexity index is 981. The van der Waals surface area contributed by atoms with Gasteiger partial charge in [-0.25, -0.2) is 4.98 Å². The lowest BCUT2D eigenvalue weighted by Gasteiger charge is -2.06. The first kappa shape index (κ1) is 15.4. The lowest BCUT2D eigenvalue weighted by Crippen LogP contribution is -1.95. The monoisotopic (exact) mass is 395 g/mol. The van der Waals surface area contributed by atoms with Crippen LogP contribution in [0.3, 0.4) is 0 Å². The van der Waals surface area contributed by atoms with E-state index < -0.39 is 0 Å². The highest BCUT2D eigenvalue weighted by molar-refractivity contribution is 9.10. The van der Waals surface area contributed by atoms with Crippen LogP contribution in [0.1, 0.15) is 5.69 Å². The van der Waals surface area contributed by atoms with Gasteiger partial charge in [0.2, 0.25) is 0 Å². The SMILES string of the molecule is Brc1ccc2cc(OCc3csc(-c4ccccc4)n3)ccc2c1. The molecule has 2 nitrogen and oxygen atoms in total. The van der Waals surface area contributed by atoms with Crippen LogP contribution < -0.4 is 4.74 Å². The summed E-state index contributed by atoms with van der Waals surface area (Å²) in [6, 6.07) is 22.6. The molecular weight excluding hydrogens is 382 g/mol.